The van der Waals surface area contributed by atoms with Gasteiger partial charge in [-0.05, 0) is 24.0 Å². The second-order valence-electron chi connectivity index (χ2n) is 6.96. The van der Waals surface area contributed by atoms with Gasteiger partial charge in [0.1, 0.15) is 18.2 Å². The minimum absolute atomic E-state index is 0.172. The van der Waals surface area contributed by atoms with Crippen molar-refractivity contribution < 1.29 is 4.79 Å². The molecule has 0 aliphatic heterocycles. The van der Waals surface area contributed by atoms with Crippen molar-refractivity contribution in [2.75, 3.05) is 5.32 Å². The average molecular weight is 354 g/mol. The highest BCUT2D eigenvalue weighted by Crippen LogP contribution is 2.29. The Labute approximate surface area is 151 Å². The van der Waals surface area contributed by atoms with E-state index in [4.69, 9.17) is 5.26 Å². The normalized spacial score (nSPS) is 11.0. The van der Waals surface area contributed by atoms with Gasteiger partial charge < -0.3 is 5.32 Å². The summed E-state index contributed by atoms with van der Waals surface area (Å²) in [5.41, 5.74) is -0.162. The average Bonchev–Trinajstić information content (AvgIpc) is 2.58. The minimum Gasteiger partial charge on any atom is -0.324 e. The molecule has 1 heterocycles. The van der Waals surface area contributed by atoms with Crippen molar-refractivity contribution in [3.05, 3.63) is 62.4 Å². The maximum Gasteiger partial charge on any atom is 0.331 e. The molecule has 0 saturated carbocycles. The van der Waals surface area contributed by atoms with E-state index in [0.717, 1.165) is 10.1 Å². The molecule has 0 unspecified atom stereocenters. The zero-order valence-corrected chi connectivity index (χ0v) is 15.4. The zero-order chi connectivity index (χ0) is 19.5. The minimum atomic E-state index is -0.763. The molecule has 0 bridgehead atoms. The molecule has 1 aromatic heterocycles. The summed E-state index contributed by atoms with van der Waals surface area (Å²) in [6, 6.07) is 9.15. The van der Waals surface area contributed by atoms with E-state index < -0.39 is 23.7 Å². The molecule has 0 atom stereocenters. The second kappa shape index (κ2) is 7.40. The van der Waals surface area contributed by atoms with Gasteiger partial charge in [0.05, 0.1) is 0 Å². The lowest BCUT2D eigenvalue weighted by Crippen LogP contribution is -2.43. The molecule has 2 rings (SSSR count). The van der Waals surface area contributed by atoms with Crippen LogP contribution in [0.25, 0.3) is 0 Å². The molecular weight excluding hydrogens is 332 g/mol. The lowest BCUT2D eigenvalue weighted by molar-refractivity contribution is -0.116. The van der Waals surface area contributed by atoms with Gasteiger partial charge in [-0.3, -0.25) is 14.2 Å². The van der Waals surface area contributed by atoms with Crippen LogP contribution >= 0.6 is 0 Å². The third kappa shape index (κ3) is 3.91. The van der Waals surface area contributed by atoms with Crippen molar-refractivity contribution in [3.8, 4) is 6.07 Å². The quantitative estimate of drug-likeness (QED) is 0.906. The van der Waals surface area contributed by atoms with Crippen LogP contribution in [0.2, 0.25) is 0 Å². The number of aryl methyl sites for hydroxylation is 1. The molecule has 1 N–H and O–H groups in total. The number of hydrogen-bond donors (Lipinski definition) is 1. The van der Waals surface area contributed by atoms with Crippen LogP contribution in [0, 0.1) is 11.3 Å². The Hall–Kier alpha value is -3.14. The highest BCUT2D eigenvalue weighted by molar-refractivity contribution is 5.91. The first kappa shape index (κ1) is 19.2. The van der Waals surface area contributed by atoms with E-state index in [-0.39, 0.29) is 11.0 Å². The first-order chi connectivity index (χ1) is 12.2. The van der Waals surface area contributed by atoms with E-state index in [0.29, 0.717) is 12.2 Å². The van der Waals surface area contributed by atoms with Crippen LogP contribution in [0.4, 0.5) is 5.69 Å². The topological polar surface area (TPSA) is 96.9 Å². The number of hydrogen-bond acceptors (Lipinski definition) is 4. The summed E-state index contributed by atoms with van der Waals surface area (Å²) >= 11 is 0. The molecule has 0 saturated heterocycles. The summed E-state index contributed by atoms with van der Waals surface area (Å²) < 4.78 is 2.02. The summed E-state index contributed by atoms with van der Waals surface area (Å²) in [6.45, 7) is 7.64. The molecule has 7 nitrogen and oxygen atoms in total. The highest BCUT2D eigenvalue weighted by atomic mass is 16.2. The van der Waals surface area contributed by atoms with Crippen molar-refractivity contribution in [2.45, 2.75) is 46.2 Å². The van der Waals surface area contributed by atoms with E-state index in [2.05, 4.69) is 5.32 Å². The van der Waals surface area contributed by atoms with Crippen molar-refractivity contribution in [1.29, 1.82) is 5.26 Å². The molecule has 1 amide bonds. The number of para-hydroxylation sites is 1. The van der Waals surface area contributed by atoms with Crippen molar-refractivity contribution in [1.82, 2.24) is 9.13 Å². The van der Waals surface area contributed by atoms with Gasteiger partial charge in [-0.15, -0.1) is 0 Å². The Kier molecular flexibility index (Phi) is 5.46. The zero-order valence-electron chi connectivity index (χ0n) is 15.4. The lowest BCUT2D eigenvalue weighted by atomic mass is 9.86. The van der Waals surface area contributed by atoms with E-state index in [1.54, 1.807) is 25.1 Å². The van der Waals surface area contributed by atoms with Gasteiger partial charge in [0.2, 0.25) is 5.91 Å². The lowest BCUT2D eigenvalue weighted by Gasteiger charge is -2.23. The molecule has 0 radical (unpaired) electrons. The fraction of sp³-hybridized carbons (Fsp3) is 0.368. The number of nitrogens with zero attached hydrogens (tertiary/aromatic N) is 3. The van der Waals surface area contributed by atoms with Gasteiger partial charge in [-0.1, -0.05) is 39.0 Å². The summed E-state index contributed by atoms with van der Waals surface area (Å²) in [7, 11) is 0. The summed E-state index contributed by atoms with van der Waals surface area (Å²) in [5.74, 6) is -0.501. The van der Waals surface area contributed by atoms with Crippen molar-refractivity contribution >= 4 is 11.6 Å². The number of rotatable bonds is 4. The number of carbonyl (C=O) groups is 1. The predicted octanol–water partition coefficient (Wildman–Crippen LogP) is 1.84. The summed E-state index contributed by atoms with van der Waals surface area (Å²) in [6.07, 6.45) is 1.22. The van der Waals surface area contributed by atoms with Crippen LogP contribution in [0.5, 0.6) is 0 Å². The van der Waals surface area contributed by atoms with Gasteiger partial charge >= 0.3 is 5.69 Å². The second-order valence-corrected chi connectivity index (χ2v) is 6.96. The maximum atomic E-state index is 12.5. The Morgan fingerprint density at radius 3 is 2.46 bits per heavy atom. The Bertz CT molecular complexity index is 988. The molecule has 2 aromatic rings. The van der Waals surface area contributed by atoms with Crippen LogP contribution in [0.15, 0.2) is 40.1 Å². The predicted molar refractivity (Wildman–Crippen MR) is 99.1 cm³/mol. The van der Waals surface area contributed by atoms with Gasteiger partial charge in [-0.25, -0.2) is 9.36 Å². The molecule has 136 valence electrons. The molecule has 0 aliphatic carbocycles. The molecule has 0 spiro atoms. The van der Waals surface area contributed by atoms with Gasteiger partial charge in [0, 0.05) is 18.4 Å². The van der Waals surface area contributed by atoms with Gasteiger partial charge in [0.25, 0.3) is 5.56 Å². The third-order valence-electron chi connectivity index (χ3n) is 4.01. The maximum absolute atomic E-state index is 12.5. The van der Waals surface area contributed by atoms with Crippen LogP contribution in [0.1, 0.15) is 38.8 Å². The Balaban J connectivity index is 2.38. The first-order valence-electron chi connectivity index (χ1n) is 8.32. The van der Waals surface area contributed by atoms with Crippen LogP contribution in [-0.2, 0) is 23.3 Å². The van der Waals surface area contributed by atoms with Crippen LogP contribution < -0.4 is 16.6 Å². The van der Waals surface area contributed by atoms with Crippen LogP contribution in [-0.4, -0.2) is 15.0 Å². The summed E-state index contributed by atoms with van der Waals surface area (Å²) in [4.78, 5) is 37.1. The number of benzene rings is 1. The van der Waals surface area contributed by atoms with Crippen LogP contribution in [0.3, 0.4) is 0 Å². The van der Waals surface area contributed by atoms with Crippen molar-refractivity contribution in [3.63, 3.8) is 0 Å². The molecule has 0 fully saturated rings. The third-order valence-corrected chi connectivity index (χ3v) is 4.01. The number of aromatic nitrogens is 2. The van der Waals surface area contributed by atoms with E-state index in [9.17, 15) is 14.4 Å². The number of nitriles is 1. The summed E-state index contributed by atoms with van der Waals surface area (Å²) in [5, 5.41) is 11.8. The Morgan fingerprint density at radius 1 is 1.23 bits per heavy atom. The Morgan fingerprint density at radius 2 is 1.88 bits per heavy atom. The van der Waals surface area contributed by atoms with Gasteiger partial charge in [0.15, 0.2) is 0 Å². The number of anilines is 1. The SMILES string of the molecule is CCn1cc(C#N)c(=O)n(CC(=O)Nc2ccccc2C(C)(C)C)c1=O. The number of carbonyl (C=O) groups excluding carboxylic acids is 1. The largest absolute Gasteiger partial charge is 0.331 e. The van der Waals surface area contributed by atoms with Gasteiger partial charge in [-0.2, -0.15) is 5.26 Å². The molecule has 26 heavy (non-hydrogen) atoms. The van der Waals surface area contributed by atoms with E-state index in [1.165, 1.54) is 10.8 Å². The molecular formula is C19H22N4O3. The fourth-order valence-corrected chi connectivity index (χ4v) is 2.68. The van der Waals surface area contributed by atoms with Crippen molar-refractivity contribution in [2.24, 2.45) is 0 Å². The smallest absolute Gasteiger partial charge is 0.324 e. The molecule has 1 aromatic carbocycles. The van der Waals surface area contributed by atoms with E-state index >= 15 is 0 Å². The standard InChI is InChI=1S/C19H22N4O3/c1-5-22-11-13(10-20)17(25)23(18(22)26)12-16(24)21-15-9-7-6-8-14(15)19(2,3)4/h6-9,11H,5,12H2,1-4H3,(H,21,24). The number of amides is 1. The number of nitrogens with one attached hydrogen (secondary N) is 1. The highest BCUT2D eigenvalue weighted by Gasteiger charge is 2.19. The molecule has 0 aliphatic rings. The van der Waals surface area contributed by atoms with E-state index in [1.807, 2.05) is 32.9 Å². The fourth-order valence-electron chi connectivity index (χ4n) is 2.68. The first-order valence-corrected chi connectivity index (χ1v) is 8.32. The molecule has 7 heteroatoms. The monoisotopic (exact) mass is 354 g/mol.